The molecule has 2 atom stereocenters. The van der Waals surface area contributed by atoms with E-state index in [1.165, 1.54) is 76.4 Å². The van der Waals surface area contributed by atoms with E-state index in [1.54, 1.807) is 7.11 Å². The minimum atomic E-state index is 0.0895. The van der Waals surface area contributed by atoms with Crippen LogP contribution in [0.4, 0.5) is 0 Å². The standard InChI is InChI=1S/C27H42N2O3S/c1-31-23-10-8-11-24(18-23)32-21-26(30)29(20-25-12-9-17-33-25)22-13-16-27(28-19-22)14-6-4-2-3-5-7-15-27/h8,10-11,18,22,25,28H,2-7,9,12-17,19-21H2,1H3. The van der Waals surface area contributed by atoms with Gasteiger partial charge in [-0.25, -0.2) is 0 Å². The molecule has 6 heteroatoms. The molecule has 1 saturated carbocycles. The third-order valence-electron chi connectivity index (χ3n) is 7.82. The second kappa shape index (κ2) is 12.3. The predicted molar refractivity (Wildman–Crippen MR) is 136 cm³/mol. The third-order valence-corrected chi connectivity index (χ3v) is 9.20. The highest BCUT2D eigenvalue weighted by Crippen LogP contribution is 2.35. The number of methoxy groups -OCH3 is 1. The molecule has 184 valence electrons. The summed E-state index contributed by atoms with van der Waals surface area (Å²) >= 11 is 2.03. The number of piperidine rings is 1. The van der Waals surface area contributed by atoms with Crippen LogP contribution in [0.3, 0.4) is 0 Å². The van der Waals surface area contributed by atoms with Crippen molar-refractivity contribution in [2.45, 2.75) is 93.9 Å². The van der Waals surface area contributed by atoms with E-state index < -0.39 is 0 Å². The summed E-state index contributed by atoms with van der Waals surface area (Å²) in [7, 11) is 1.64. The number of hydrogen-bond donors (Lipinski definition) is 1. The van der Waals surface area contributed by atoms with Crippen molar-refractivity contribution in [1.82, 2.24) is 10.2 Å². The molecule has 2 aliphatic heterocycles. The highest BCUT2D eigenvalue weighted by molar-refractivity contribution is 8.00. The van der Waals surface area contributed by atoms with Crippen LogP contribution in [0.1, 0.15) is 77.0 Å². The molecule has 3 fully saturated rings. The van der Waals surface area contributed by atoms with Crippen molar-refractivity contribution in [3.05, 3.63) is 24.3 Å². The Hall–Kier alpha value is -1.40. The molecule has 1 amide bonds. The van der Waals surface area contributed by atoms with Gasteiger partial charge in [-0.15, -0.1) is 0 Å². The van der Waals surface area contributed by atoms with Gasteiger partial charge in [0.05, 0.1) is 7.11 Å². The van der Waals surface area contributed by atoms with E-state index >= 15 is 0 Å². The van der Waals surface area contributed by atoms with E-state index in [0.717, 1.165) is 25.3 Å². The van der Waals surface area contributed by atoms with Crippen molar-refractivity contribution < 1.29 is 14.3 Å². The number of hydrogen-bond acceptors (Lipinski definition) is 5. The van der Waals surface area contributed by atoms with Gasteiger partial charge in [0.15, 0.2) is 6.61 Å². The first-order chi connectivity index (χ1) is 16.2. The zero-order valence-corrected chi connectivity index (χ0v) is 21.2. The Labute approximate surface area is 204 Å². The Morgan fingerprint density at radius 1 is 1.06 bits per heavy atom. The Morgan fingerprint density at radius 3 is 2.48 bits per heavy atom. The third kappa shape index (κ3) is 7.05. The molecule has 2 unspecified atom stereocenters. The molecule has 33 heavy (non-hydrogen) atoms. The van der Waals surface area contributed by atoms with Gasteiger partial charge in [0.2, 0.25) is 0 Å². The summed E-state index contributed by atoms with van der Waals surface area (Å²) < 4.78 is 11.2. The van der Waals surface area contributed by atoms with Gasteiger partial charge in [-0.3, -0.25) is 4.79 Å². The van der Waals surface area contributed by atoms with E-state index in [-0.39, 0.29) is 18.6 Å². The quantitative estimate of drug-likeness (QED) is 0.572. The van der Waals surface area contributed by atoms with Crippen molar-refractivity contribution >= 4 is 17.7 Å². The van der Waals surface area contributed by atoms with Crippen LogP contribution < -0.4 is 14.8 Å². The van der Waals surface area contributed by atoms with Crippen molar-refractivity contribution in [3.8, 4) is 11.5 Å². The molecule has 3 aliphatic rings. The second-order valence-corrected chi connectivity index (χ2v) is 11.5. The average molecular weight is 475 g/mol. The first-order valence-electron chi connectivity index (χ1n) is 13.1. The lowest BCUT2D eigenvalue weighted by molar-refractivity contribution is -0.136. The Kier molecular flexibility index (Phi) is 9.25. The molecular weight excluding hydrogens is 432 g/mol. The Morgan fingerprint density at radius 2 is 1.82 bits per heavy atom. The summed E-state index contributed by atoms with van der Waals surface area (Å²) in [6.07, 6.45) is 15.6. The lowest BCUT2D eigenvalue weighted by Gasteiger charge is -2.45. The maximum absolute atomic E-state index is 13.4. The van der Waals surface area contributed by atoms with Crippen LogP contribution in [0.25, 0.3) is 0 Å². The number of carbonyl (C=O) groups excluding carboxylic acids is 1. The molecule has 4 rings (SSSR count). The lowest BCUT2D eigenvalue weighted by Crippen LogP contribution is -2.59. The van der Waals surface area contributed by atoms with Crippen LogP contribution in [0.2, 0.25) is 0 Å². The molecule has 1 aliphatic carbocycles. The molecule has 1 aromatic rings. The van der Waals surface area contributed by atoms with Gasteiger partial charge in [0.1, 0.15) is 11.5 Å². The van der Waals surface area contributed by atoms with Gasteiger partial charge < -0.3 is 19.7 Å². The highest BCUT2D eigenvalue weighted by Gasteiger charge is 2.38. The number of ether oxygens (including phenoxy) is 2. The highest BCUT2D eigenvalue weighted by atomic mass is 32.2. The minimum absolute atomic E-state index is 0.0895. The van der Waals surface area contributed by atoms with Crippen LogP contribution in [0, 0.1) is 0 Å². The summed E-state index contributed by atoms with van der Waals surface area (Å²) in [6.45, 7) is 1.86. The summed E-state index contributed by atoms with van der Waals surface area (Å²) in [5.74, 6) is 2.77. The molecule has 0 aromatic heterocycles. The molecule has 0 radical (unpaired) electrons. The molecule has 5 nitrogen and oxygen atoms in total. The summed E-state index contributed by atoms with van der Waals surface area (Å²) in [5, 5.41) is 4.53. The second-order valence-electron chi connectivity index (χ2n) is 10.1. The predicted octanol–water partition coefficient (Wildman–Crippen LogP) is 5.42. The number of benzene rings is 1. The Balaban J connectivity index is 1.38. The zero-order valence-electron chi connectivity index (χ0n) is 20.4. The van der Waals surface area contributed by atoms with Crippen LogP contribution in [-0.4, -0.2) is 60.2 Å². The number of amides is 1. The van der Waals surface area contributed by atoms with Crippen LogP contribution in [-0.2, 0) is 4.79 Å². The lowest BCUT2D eigenvalue weighted by atomic mass is 9.79. The van der Waals surface area contributed by atoms with Gasteiger partial charge in [-0.05, 0) is 56.4 Å². The minimum Gasteiger partial charge on any atom is -0.497 e. The maximum atomic E-state index is 13.4. The topological polar surface area (TPSA) is 50.8 Å². The largest absolute Gasteiger partial charge is 0.497 e. The molecule has 2 saturated heterocycles. The van der Waals surface area contributed by atoms with Crippen LogP contribution in [0.5, 0.6) is 11.5 Å². The normalized spacial score (nSPS) is 25.6. The molecular formula is C27H42N2O3S. The molecule has 1 N–H and O–H groups in total. The van der Waals surface area contributed by atoms with Crippen LogP contribution >= 0.6 is 11.8 Å². The fraction of sp³-hybridized carbons (Fsp3) is 0.741. The van der Waals surface area contributed by atoms with E-state index in [0.29, 0.717) is 16.5 Å². The van der Waals surface area contributed by atoms with E-state index in [9.17, 15) is 4.79 Å². The van der Waals surface area contributed by atoms with Crippen LogP contribution in [0.15, 0.2) is 24.3 Å². The summed E-state index contributed by atoms with van der Waals surface area (Å²) in [5.41, 5.74) is 0.300. The van der Waals surface area contributed by atoms with E-state index in [4.69, 9.17) is 9.47 Å². The van der Waals surface area contributed by atoms with Crippen molar-refractivity contribution in [1.29, 1.82) is 0 Å². The van der Waals surface area contributed by atoms with Gasteiger partial charge in [-0.1, -0.05) is 44.6 Å². The molecule has 1 aromatic carbocycles. The fourth-order valence-electron chi connectivity index (χ4n) is 5.80. The number of nitrogens with zero attached hydrogens (tertiary/aromatic N) is 1. The Bertz CT molecular complexity index is 733. The first kappa shape index (κ1) is 24.7. The molecule has 2 heterocycles. The average Bonchev–Trinajstić information content (AvgIpc) is 3.39. The fourth-order valence-corrected chi connectivity index (χ4v) is 7.07. The van der Waals surface area contributed by atoms with Crippen molar-refractivity contribution in [3.63, 3.8) is 0 Å². The first-order valence-corrected chi connectivity index (χ1v) is 14.2. The van der Waals surface area contributed by atoms with E-state index in [1.807, 2.05) is 36.0 Å². The van der Waals surface area contributed by atoms with Crippen molar-refractivity contribution in [2.75, 3.05) is 32.6 Å². The monoisotopic (exact) mass is 474 g/mol. The molecule has 0 bridgehead atoms. The summed E-state index contributed by atoms with van der Waals surface area (Å²) in [4.78, 5) is 15.6. The smallest absolute Gasteiger partial charge is 0.260 e. The molecule has 1 spiro atoms. The van der Waals surface area contributed by atoms with E-state index in [2.05, 4.69) is 10.2 Å². The summed E-state index contributed by atoms with van der Waals surface area (Å²) in [6, 6.07) is 7.78. The maximum Gasteiger partial charge on any atom is 0.260 e. The van der Waals surface area contributed by atoms with Gasteiger partial charge >= 0.3 is 0 Å². The van der Waals surface area contributed by atoms with Gasteiger partial charge in [-0.2, -0.15) is 11.8 Å². The number of thioether (sulfide) groups is 1. The van der Waals surface area contributed by atoms with Crippen molar-refractivity contribution in [2.24, 2.45) is 0 Å². The van der Waals surface area contributed by atoms with Gasteiger partial charge in [0, 0.05) is 36.0 Å². The number of carbonyl (C=O) groups is 1. The van der Waals surface area contributed by atoms with Gasteiger partial charge in [0.25, 0.3) is 5.91 Å². The number of rotatable bonds is 7. The number of nitrogens with one attached hydrogen (secondary N) is 1. The SMILES string of the molecule is COc1cccc(OCC(=O)N(CC2CCCS2)C2CCC3(CCCCCCCC3)NC2)c1. The zero-order chi connectivity index (χ0) is 22.9.